The second kappa shape index (κ2) is 7.24. The van der Waals surface area contributed by atoms with Crippen LogP contribution in [0, 0.1) is 5.41 Å². The van der Waals surface area contributed by atoms with Crippen LogP contribution < -0.4 is 10.9 Å². The van der Waals surface area contributed by atoms with Crippen LogP contribution >= 0.6 is 0 Å². The number of rotatable bonds is 8. The molecule has 0 fully saturated rings. The molecule has 1 rings (SSSR count). The van der Waals surface area contributed by atoms with Crippen LogP contribution in [0.2, 0.25) is 0 Å². The Morgan fingerprint density at radius 1 is 1.43 bits per heavy atom. The molecule has 1 aromatic rings. The summed E-state index contributed by atoms with van der Waals surface area (Å²) >= 11 is 0. The van der Waals surface area contributed by atoms with E-state index in [-0.39, 0.29) is 23.4 Å². The molecular formula is C15H25N3O3. The molecule has 118 valence electrons. The van der Waals surface area contributed by atoms with Crippen LogP contribution in [0.4, 0.5) is 5.82 Å². The van der Waals surface area contributed by atoms with E-state index in [0.29, 0.717) is 18.8 Å². The zero-order valence-corrected chi connectivity index (χ0v) is 13.2. The molecule has 0 spiro atoms. The number of carboxylic acids is 1. The van der Waals surface area contributed by atoms with Crippen LogP contribution in [-0.4, -0.2) is 27.2 Å². The number of hydrogen-bond acceptors (Lipinski definition) is 4. The van der Waals surface area contributed by atoms with Gasteiger partial charge in [-0.15, -0.1) is 0 Å². The van der Waals surface area contributed by atoms with E-state index in [4.69, 9.17) is 5.11 Å². The zero-order chi connectivity index (χ0) is 16.0. The van der Waals surface area contributed by atoms with Crippen LogP contribution in [0.1, 0.15) is 53.0 Å². The molecule has 2 N–H and O–H groups in total. The standard InChI is InChI=1S/C15H25N3O3/c1-11(2)18-10-9-17-13(14(18)21)16-8-7-15(3,4)6-5-12(19)20/h9-11H,5-8H2,1-4H3,(H,16,17)(H,19,20). The number of nitrogens with zero attached hydrogens (tertiary/aromatic N) is 2. The summed E-state index contributed by atoms with van der Waals surface area (Å²) in [5.41, 5.74) is -0.215. The molecule has 0 aliphatic rings. The number of aliphatic carboxylic acids is 1. The van der Waals surface area contributed by atoms with Gasteiger partial charge in [-0.2, -0.15) is 0 Å². The number of aromatic nitrogens is 2. The number of nitrogens with one attached hydrogen (secondary N) is 1. The van der Waals surface area contributed by atoms with Crippen molar-refractivity contribution >= 4 is 11.8 Å². The predicted molar refractivity (Wildman–Crippen MR) is 82.6 cm³/mol. The van der Waals surface area contributed by atoms with Crippen molar-refractivity contribution in [3.8, 4) is 0 Å². The largest absolute Gasteiger partial charge is 0.481 e. The van der Waals surface area contributed by atoms with Gasteiger partial charge in [-0.3, -0.25) is 9.59 Å². The van der Waals surface area contributed by atoms with Crippen molar-refractivity contribution in [1.29, 1.82) is 0 Å². The van der Waals surface area contributed by atoms with Gasteiger partial charge in [0.25, 0.3) is 5.56 Å². The van der Waals surface area contributed by atoms with Crippen molar-refractivity contribution < 1.29 is 9.90 Å². The fraction of sp³-hybridized carbons (Fsp3) is 0.667. The van der Waals surface area contributed by atoms with E-state index < -0.39 is 5.97 Å². The molecule has 0 aliphatic heterocycles. The Balaban J connectivity index is 2.58. The summed E-state index contributed by atoms with van der Waals surface area (Å²) in [7, 11) is 0. The van der Waals surface area contributed by atoms with Crippen molar-refractivity contribution in [3.05, 3.63) is 22.7 Å². The van der Waals surface area contributed by atoms with Gasteiger partial charge in [-0.1, -0.05) is 13.8 Å². The van der Waals surface area contributed by atoms with E-state index >= 15 is 0 Å². The minimum Gasteiger partial charge on any atom is -0.481 e. The Bertz CT molecular complexity index is 535. The summed E-state index contributed by atoms with van der Waals surface area (Å²) in [6.07, 6.45) is 4.84. The van der Waals surface area contributed by atoms with Crippen molar-refractivity contribution in [2.45, 2.75) is 53.0 Å². The number of hydrogen-bond donors (Lipinski definition) is 2. The highest BCUT2D eigenvalue weighted by molar-refractivity contribution is 5.66. The molecule has 0 bridgehead atoms. The molecular weight excluding hydrogens is 270 g/mol. The minimum atomic E-state index is -0.777. The van der Waals surface area contributed by atoms with E-state index in [0.717, 1.165) is 6.42 Å². The number of carboxylic acid groups (broad SMARTS) is 1. The molecule has 21 heavy (non-hydrogen) atoms. The Labute approximate surface area is 125 Å². The Morgan fingerprint density at radius 3 is 2.67 bits per heavy atom. The second-order valence-electron chi connectivity index (χ2n) is 6.32. The van der Waals surface area contributed by atoms with Gasteiger partial charge in [-0.25, -0.2) is 4.98 Å². The molecule has 0 aromatic carbocycles. The molecule has 1 aromatic heterocycles. The average molecular weight is 295 g/mol. The van der Waals surface area contributed by atoms with Crippen molar-refractivity contribution in [1.82, 2.24) is 9.55 Å². The quantitative estimate of drug-likeness (QED) is 0.770. The normalized spacial score (nSPS) is 11.7. The molecule has 0 saturated heterocycles. The fourth-order valence-corrected chi connectivity index (χ4v) is 2.04. The highest BCUT2D eigenvalue weighted by Crippen LogP contribution is 2.26. The maximum Gasteiger partial charge on any atom is 0.303 e. The maximum atomic E-state index is 12.1. The fourth-order valence-electron chi connectivity index (χ4n) is 2.04. The molecule has 6 nitrogen and oxygen atoms in total. The third kappa shape index (κ3) is 5.57. The van der Waals surface area contributed by atoms with E-state index in [1.807, 2.05) is 27.7 Å². The smallest absolute Gasteiger partial charge is 0.303 e. The van der Waals surface area contributed by atoms with Gasteiger partial charge in [0.15, 0.2) is 5.82 Å². The van der Waals surface area contributed by atoms with Crippen LogP contribution in [-0.2, 0) is 4.79 Å². The molecule has 1 heterocycles. The molecule has 6 heteroatoms. The van der Waals surface area contributed by atoms with E-state index in [9.17, 15) is 9.59 Å². The summed E-state index contributed by atoms with van der Waals surface area (Å²) in [6.45, 7) is 8.54. The van der Waals surface area contributed by atoms with Gasteiger partial charge in [0, 0.05) is 31.4 Å². The van der Waals surface area contributed by atoms with Crippen molar-refractivity contribution in [2.24, 2.45) is 5.41 Å². The third-order valence-electron chi connectivity index (χ3n) is 3.53. The van der Waals surface area contributed by atoms with Gasteiger partial charge in [0.1, 0.15) is 0 Å². The minimum absolute atomic E-state index is 0.0861. The lowest BCUT2D eigenvalue weighted by atomic mass is 9.84. The topological polar surface area (TPSA) is 84.2 Å². The SMILES string of the molecule is CC(C)n1ccnc(NCCC(C)(C)CCC(=O)O)c1=O. The lowest BCUT2D eigenvalue weighted by molar-refractivity contribution is -0.137. The van der Waals surface area contributed by atoms with Crippen LogP contribution in [0.5, 0.6) is 0 Å². The molecule has 0 atom stereocenters. The van der Waals surface area contributed by atoms with Crippen LogP contribution in [0.3, 0.4) is 0 Å². The Morgan fingerprint density at radius 2 is 2.10 bits per heavy atom. The third-order valence-corrected chi connectivity index (χ3v) is 3.53. The summed E-state index contributed by atoms with van der Waals surface area (Å²) in [5, 5.41) is 11.8. The first kappa shape index (κ1) is 17.2. The van der Waals surface area contributed by atoms with Crippen LogP contribution in [0.25, 0.3) is 0 Å². The predicted octanol–water partition coefficient (Wildman–Crippen LogP) is 2.52. The van der Waals surface area contributed by atoms with Crippen molar-refractivity contribution in [3.63, 3.8) is 0 Å². The van der Waals surface area contributed by atoms with E-state index in [2.05, 4.69) is 10.3 Å². The summed E-state index contributed by atoms with van der Waals surface area (Å²) < 4.78 is 1.63. The molecule has 0 aliphatic carbocycles. The summed E-state index contributed by atoms with van der Waals surface area (Å²) in [4.78, 5) is 26.8. The lowest BCUT2D eigenvalue weighted by Crippen LogP contribution is -2.27. The highest BCUT2D eigenvalue weighted by Gasteiger charge is 2.19. The molecule has 0 unspecified atom stereocenters. The first-order valence-electron chi connectivity index (χ1n) is 7.26. The summed E-state index contributed by atoms with van der Waals surface area (Å²) in [6, 6.07) is 0.0908. The first-order chi connectivity index (χ1) is 9.73. The van der Waals surface area contributed by atoms with Crippen molar-refractivity contribution in [2.75, 3.05) is 11.9 Å². The summed E-state index contributed by atoms with van der Waals surface area (Å²) in [5.74, 6) is -0.430. The van der Waals surface area contributed by atoms with Crippen LogP contribution in [0.15, 0.2) is 17.2 Å². The zero-order valence-electron chi connectivity index (χ0n) is 13.2. The Kier molecular flexibility index (Phi) is 5.93. The monoisotopic (exact) mass is 295 g/mol. The first-order valence-corrected chi connectivity index (χ1v) is 7.26. The van der Waals surface area contributed by atoms with E-state index in [1.165, 1.54) is 0 Å². The lowest BCUT2D eigenvalue weighted by Gasteiger charge is -2.24. The highest BCUT2D eigenvalue weighted by atomic mass is 16.4. The van der Waals surface area contributed by atoms with Gasteiger partial charge in [-0.05, 0) is 32.1 Å². The molecule has 0 saturated carbocycles. The second-order valence-corrected chi connectivity index (χ2v) is 6.32. The number of anilines is 1. The van der Waals surface area contributed by atoms with Gasteiger partial charge in [0.2, 0.25) is 0 Å². The molecule has 0 amide bonds. The average Bonchev–Trinajstić information content (AvgIpc) is 2.38. The van der Waals surface area contributed by atoms with E-state index in [1.54, 1.807) is 17.0 Å². The Hall–Kier alpha value is -1.85. The maximum absolute atomic E-state index is 12.1. The number of carbonyl (C=O) groups is 1. The molecule has 0 radical (unpaired) electrons. The van der Waals surface area contributed by atoms with Gasteiger partial charge < -0.3 is 15.0 Å². The van der Waals surface area contributed by atoms with Gasteiger partial charge >= 0.3 is 5.97 Å². The van der Waals surface area contributed by atoms with Gasteiger partial charge in [0.05, 0.1) is 0 Å².